The molecular weight excluding hydrogens is 501 g/mol. The van der Waals surface area contributed by atoms with E-state index in [1.165, 1.54) is 5.56 Å². The summed E-state index contributed by atoms with van der Waals surface area (Å²) in [7, 11) is -2.46. The van der Waals surface area contributed by atoms with E-state index < -0.39 is 16.6 Å². The van der Waals surface area contributed by atoms with Gasteiger partial charge in [0.15, 0.2) is 5.75 Å². The summed E-state index contributed by atoms with van der Waals surface area (Å²) in [5.74, 6) is 3.23. The lowest BCUT2D eigenvalue weighted by molar-refractivity contribution is 0.377. The first kappa shape index (κ1) is 34.3. The van der Waals surface area contributed by atoms with Gasteiger partial charge in [0, 0.05) is 17.0 Å². The van der Waals surface area contributed by atoms with Crippen LogP contribution >= 0.6 is 0 Å². The van der Waals surface area contributed by atoms with Gasteiger partial charge in [-0.3, -0.25) is 0 Å². The molecule has 0 bridgehead atoms. The molecule has 216 valence electrons. The normalized spacial score (nSPS) is 15.4. The van der Waals surface area contributed by atoms with Crippen LogP contribution in [-0.4, -0.2) is 23.7 Å². The third-order valence-corrected chi connectivity index (χ3v) is 17.0. The van der Waals surface area contributed by atoms with Crippen molar-refractivity contribution in [2.24, 2.45) is 5.92 Å². The quantitative estimate of drug-likeness (QED) is 0.145. The van der Waals surface area contributed by atoms with Crippen LogP contribution in [0.1, 0.15) is 92.2 Å². The van der Waals surface area contributed by atoms with Gasteiger partial charge >= 0.3 is 0 Å². The highest BCUT2D eigenvalue weighted by Gasteiger charge is 2.42. The maximum Gasteiger partial charge on any atom is 0.250 e. The average Bonchev–Trinajstić information content (AvgIpc) is 2.77. The Morgan fingerprint density at radius 1 is 0.868 bits per heavy atom. The number of hydrogen-bond donors (Lipinski definition) is 0. The van der Waals surface area contributed by atoms with E-state index in [1.807, 2.05) is 0 Å². The van der Waals surface area contributed by atoms with Gasteiger partial charge in [-0.15, -0.1) is 0 Å². The zero-order chi connectivity index (χ0) is 29.5. The van der Waals surface area contributed by atoms with Gasteiger partial charge in [0.25, 0.3) is 16.6 Å². The number of benzene rings is 1. The number of rotatable bonds is 12. The molecule has 0 N–H and O–H groups in total. The third-order valence-electron chi connectivity index (χ3n) is 8.37. The number of allylic oxidation sites excluding steroid dienone is 6. The van der Waals surface area contributed by atoms with Gasteiger partial charge in [0.1, 0.15) is 11.5 Å². The molecule has 0 unspecified atom stereocenters. The fraction of sp³-hybridized carbons (Fsp3) is 0.636. The van der Waals surface area contributed by atoms with Crippen molar-refractivity contribution in [2.75, 3.05) is 7.11 Å². The predicted molar refractivity (Wildman–Crippen MR) is 173 cm³/mol. The molecule has 0 spiro atoms. The maximum atomic E-state index is 7.12. The van der Waals surface area contributed by atoms with Gasteiger partial charge in [0.2, 0.25) is 0 Å². The van der Waals surface area contributed by atoms with Gasteiger partial charge in [-0.05, 0) is 74.9 Å². The molecule has 0 radical (unpaired) electrons. The van der Waals surface area contributed by atoms with Crippen molar-refractivity contribution in [3.8, 4) is 17.2 Å². The van der Waals surface area contributed by atoms with E-state index in [9.17, 15) is 0 Å². The fourth-order valence-electron chi connectivity index (χ4n) is 3.81. The Morgan fingerprint density at radius 2 is 1.42 bits per heavy atom. The summed E-state index contributed by atoms with van der Waals surface area (Å²) >= 11 is 0. The molecule has 3 nitrogen and oxygen atoms in total. The van der Waals surface area contributed by atoms with E-state index >= 15 is 0 Å². The van der Waals surface area contributed by atoms with Crippen LogP contribution in [0.3, 0.4) is 0 Å². The second kappa shape index (κ2) is 13.6. The van der Waals surface area contributed by atoms with Crippen LogP contribution in [0.15, 0.2) is 42.5 Å². The van der Waals surface area contributed by atoms with Crippen LogP contribution in [0.2, 0.25) is 36.3 Å². The van der Waals surface area contributed by atoms with Gasteiger partial charge in [-0.1, -0.05) is 91.8 Å². The summed E-state index contributed by atoms with van der Waals surface area (Å²) in [6, 6.07) is 2.24. The van der Waals surface area contributed by atoms with E-state index in [1.54, 1.807) is 7.11 Å². The van der Waals surface area contributed by atoms with Crippen molar-refractivity contribution in [3.63, 3.8) is 0 Å². The maximum absolute atomic E-state index is 7.12. The average molecular weight is 559 g/mol. The SMILES string of the molecule is C/C=C\C=C/[C@@H](C)C[C@@H](/C=C/CC)c1cc(O[Si](C)(C)C(C)(C)C)c(OC)c(C)c1O[Si](C)(C)C(C)(C)C. The van der Waals surface area contributed by atoms with Crippen LogP contribution < -0.4 is 13.6 Å². The molecule has 0 aliphatic heterocycles. The first-order valence-electron chi connectivity index (χ1n) is 14.4. The second-order valence-corrected chi connectivity index (χ2v) is 23.2. The van der Waals surface area contributed by atoms with Crippen molar-refractivity contribution < 1.29 is 13.6 Å². The minimum absolute atomic E-state index is 0.0794. The smallest absolute Gasteiger partial charge is 0.250 e. The molecule has 1 aromatic carbocycles. The van der Waals surface area contributed by atoms with Crippen molar-refractivity contribution >= 4 is 16.6 Å². The van der Waals surface area contributed by atoms with E-state index in [0.717, 1.165) is 35.7 Å². The Morgan fingerprint density at radius 3 is 1.89 bits per heavy atom. The first-order valence-corrected chi connectivity index (χ1v) is 20.2. The molecular formula is C33H58O3Si2. The van der Waals surface area contributed by atoms with Gasteiger partial charge in [-0.2, -0.15) is 0 Å². The standard InChI is InChI=1S/C33H58O3Si2/c1-16-18-20-21-25(3)23-27(22-19-17-2)28-24-29(35-37(12,13)32(5,6)7)31(34-11)26(4)30(28)36-38(14,15)33(8,9)10/h16,18-22,24-25,27H,17,23H2,1-15H3/b18-16-,21-20-,22-19+/t25-,27-/m1/s1. The summed E-state index contributed by atoms with van der Waals surface area (Å²) in [5.41, 5.74) is 2.24. The highest BCUT2D eigenvalue weighted by atomic mass is 28.4. The molecule has 1 rings (SSSR count). The Balaban J connectivity index is 3.94. The Labute approximate surface area is 238 Å². The largest absolute Gasteiger partial charge is 0.543 e. The fourth-order valence-corrected chi connectivity index (χ4v) is 5.90. The number of ether oxygens (including phenoxy) is 1. The number of methoxy groups -OCH3 is 1. The summed E-state index contributed by atoms with van der Waals surface area (Å²) in [6.45, 7) is 31.6. The molecule has 5 heteroatoms. The number of hydrogen-bond acceptors (Lipinski definition) is 3. The molecule has 0 heterocycles. The molecule has 0 saturated carbocycles. The Kier molecular flexibility index (Phi) is 12.2. The first-order chi connectivity index (χ1) is 17.3. The van der Waals surface area contributed by atoms with E-state index in [2.05, 4.69) is 138 Å². The van der Waals surface area contributed by atoms with E-state index in [-0.39, 0.29) is 16.0 Å². The molecule has 0 saturated heterocycles. The lowest BCUT2D eigenvalue weighted by Gasteiger charge is -2.40. The molecule has 0 aliphatic carbocycles. The lowest BCUT2D eigenvalue weighted by atomic mass is 9.87. The van der Waals surface area contributed by atoms with Crippen LogP contribution in [0.4, 0.5) is 0 Å². The van der Waals surface area contributed by atoms with Crippen molar-refractivity contribution in [3.05, 3.63) is 53.6 Å². The van der Waals surface area contributed by atoms with E-state index in [0.29, 0.717) is 5.92 Å². The topological polar surface area (TPSA) is 27.7 Å². The highest BCUT2D eigenvalue weighted by molar-refractivity contribution is 6.75. The summed E-state index contributed by atoms with van der Waals surface area (Å²) in [6.07, 6.45) is 15.3. The molecule has 0 amide bonds. The van der Waals surface area contributed by atoms with Crippen LogP contribution in [-0.2, 0) is 0 Å². The zero-order valence-corrected chi connectivity index (χ0v) is 29.3. The lowest BCUT2D eigenvalue weighted by Crippen LogP contribution is -2.44. The minimum Gasteiger partial charge on any atom is -0.543 e. The van der Waals surface area contributed by atoms with Crippen molar-refractivity contribution in [2.45, 2.75) is 124 Å². The van der Waals surface area contributed by atoms with Crippen molar-refractivity contribution in [1.29, 1.82) is 0 Å². The van der Waals surface area contributed by atoms with E-state index in [4.69, 9.17) is 13.6 Å². The highest BCUT2D eigenvalue weighted by Crippen LogP contribution is 2.49. The summed E-state index contributed by atoms with van der Waals surface area (Å²) in [4.78, 5) is 0. The van der Waals surface area contributed by atoms with Gasteiger partial charge < -0.3 is 13.6 Å². The van der Waals surface area contributed by atoms with Crippen molar-refractivity contribution in [1.82, 2.24) is 0 Å². The Hall–Kier alpha value is -1.73. The van der Waals surface area contributed by atoms with Gasteiger partial charge in [0.05, 0.1) is 7.11 Å². The molecule has 0 aliphatic rings. The monoisotopic (exact) mass is 558 g/mol. The van der Waals surface area contributed by atoms with Crippen LogP contribution in [0.25, 0.3) is 0 Å². The van der Waals surface area contributed by atoms with Gasteiger partial charge in [-0.25, -0.2) is 0 Å². The third kappa shape index (κ3) is 8.91. The second-order valence-electron chi connectivity index (χ2n) is 13.7. The molecule has 0 fully saturated rings. The molecule has 38 heavy (non-hydrogen) atoms. The van der Waals surface area contributed by atoms with Crippen LogP contribution in [0, 0.1) is 12.8 Å². The molecule has 2 atom stereocenters. The summed E-state index contributed by atoms with van der Waals surface area (Å²) in [5, 5.41) is 0.160. The summed E-state index contributed by atoms with van der Waals surface area (Å²) < 4.78 is 20.1. The minimum atomic E-state index is -2.12. The predicted octanol–water partition coefficient (Wildman–Crippen LogP) is 11.0. The molecule has 0 aromatic heterocycles. The molecule has 1 aromatic rings. The zero-order valence-electron chi connectivity index (χ0n) is 27.3. The Bertz CT molecular complexity index is 989. The van der Waals surface area contributed by atoms with Crippen LogP contribution in [0.5, 0.6) is 17.2 Å².